The van der Waals surface area contributed by atoms with E-state index in [9.17, 15) is 8.42 Å². The number of hydrogen-bond donors (Lipinski definition) is 0. The highest BCUT2D eigenvalue weighted by molar-refractivity contribution is 7.98. The van der Waals surface area contributed by atoms with Crippen LogP contribution in [0.1, 0.15) is 31.7 Å². The largest absolute Gasteiger partial charge is 0.494 e. The van der Waals surface area contributed by atoms with Crippen LogP contribution in [0.15, 0.2) is 52.5 Å². The quantitative estimate of drug-likeness (QED) is 0.668. The molecule has 0 atom stereocenters. The third kappa shape index (κ3) is 4.58. The number of piperidine rings is 1. The van der Waals surface area contributed by atoms with Crippen LogP contribution in [0, 0.1) is 0 Å². The Hall–Kier alpha value is -1.57. The van der Waals surface area contributed by atoms with Gasteiger partial charge in [0.25, 0.3) is 0 Å². The van der Waals surface area contributed by atoms with E-state index in [1.807, 2.05) is 31.2 Å². The van der Waals surface area contributed by atoms with Crippen molar-refractivity contribution in [2.45, 2.75) is 41.9 Å². The zero-order valence-electron chi connectivity index (χ0n) is 14.9. The predicted molar refractivity (Wildman–Crippen MR) is 104 cm³/mol. The number of hydrogen-bond acceptors (Lipinski definition) is 5. The molecule has 1 aromatic carbocycles. The molecule has 0 saturated carbocycles. The van der Waals surface area contributed by atoms with Crippen molar-refractivity contribution < 1.29 is 13.2 Å². The lowest BCUT2D eigenvalue weighted by molar-refractivity contribution is 0.337. The highest BCUT2D eigenvalue weighted by Crippen LogP contribution is 2.28. The molecule has 1 aliphatic rings. The van der Waals surface area contributed by atoms with Crippen molar-refractivity contribution >= 4 is 21.8 Å². The van der Waals surface area contributed by atoms with Gasteiger partial charge in [0.1, 0.15) is 10.6 Å². The number of para-hydroxylation sites is 1. The molecule has 26 heavy (non-hydrogen) atoms. The molecule has 5 nitrogen and oxygen atoms in total. The third-order valence-corrected chi connectivity index (χ3v) is 7.18. The Bertz CT molecular complexity index is 817. The molecule has 1 saturated heterocycles. The smallest absolute Gasteiger partial charge is 0.244 e. The van der Waals surface area contributed by atoms with Crippen LogP contribution in [-0.4, -0.2) is 37.4 Å². The molecule has 3 rings (SSSR count). The number of thioether (sulfide) groups is 1. The van der Waals surface area contributed by atoms with Gasteiger partial charge in [-0.25, -0.2) is 13.4 Å². The Morgan fingerprint density at radius 2 is 1.88 bits per heavy atom. The maximum atomic E-state index is 12.7. The first-order valence-electron chi connectivity index (χ1n) is 8.91. The predicted octanol–water partition coefficient (Wildman–Crippen LogP) is 3.95. The van der Waals surface area contributed by atoms with Crippen molar-refractivity contribution in [1.82, 2.24) is 9.29 Å². The topological polar surface area (TPSA) is 59.5 Å². The van der Waals surface area contributed by atoms with Crippen LogP contribution < -0.4 is 4.74 Å². The van der Waals surface area contributed by atoms with Gasteiger partial charge in [0.2, 0.25) is 10.0 Å². The van der Waals surface area contributed by atoms with Crippen LogP contribution >= 0.6 is 11.8 Å². The molecule has 0 unspecified atom stereocenters. The van der Waals surface area contributed by atoms with E-state index < -0.39 is 10.0 Å². The summed E-state index contributed by atoms with van der Waals surface area (Å²) in [6.45, 7) is 3.80. The van der Waals surface area contributed by atoms with E-state index in [1.54, 1.807) is 28.2 Å². The fourth-order valence-corrected chi connectivity index (χ4v) is 5.23. The summed E-state index contributed by atoms with van der Waals surface area (Å²) in [5.41, 5.74) is 1.10. The molecule has 0 radical (unpaired) electrons. The fraction of sp³-hybridized carbons (Fsp3) is 0.421. The van der Waals surface area contributed by atoms with E-state index in [0.29, 0.717) is 19.7 Å². The number of aromatic nitrogens is 1. The van der Waals surface area contributed by atoms with Crippen molar-refractivity contribution in [2.75, 3.05) is 19.7 Å². The summed E-state index contributed by atoms with van der Waals surface area (Å²) in [4.78, 5) is 4.62. The van der Waals surface area contributed by atoms with Gasteiger partial charge in [-0.15, -0.1) is 11.8 Å². The molecule has 2 aromatic rings. The van der Waals surface area contributed by atoms with Gasteiger partial charge >= 0.3 is 0 Å². The summed E-state index contributed by atoms with van der Waals surface area (Å²) >= 11 is 1.57. The summed E-state index contributed by atoms with van der Waals surface area (Å²) in [5.74, 6) is 1.60. The lowest BCUT2D eigenvalue weighted by atomic mass is 10.2. The van der Waals surface area contributed by atoms with Gasteiger partial charge in [-0.1, -0.05) is 24.6 Å². The van der Waals surface area contributed by atoms with Crippen LogP contribution in [0.2, 0.25) is 0 Å². The number of ether oxygens (including phenoxy) is 1. The highest BCUT2D eigenvalue weighted by Gasteiger charge is 2.26. The maximum absolute atomic E-state index is 12.7. The van der Waals surface area contributed by atoms with Crippen molar-refractivity contribution in [3.8, 4) is 5.75 Å². The molecule has 2 heterocycles. The minimum atomic E-state index is -3.42. The van der Waals surface area contributed by atoms with Gasteiger partial charge in [-0.2, -0.15) is 4.31 Å². The SMILES string of the molecule is CCOc1ccccc1CSc1ccc(S(=O)(=O)N2CCCCC2)cn1. The number of pyridine rings is 1. The van der Waals surface area contributed by atoms with Gasteiger partial charge in [0.05, 0.1) is 11.6 Å². The summed E-state index contributed by atoms with van der Waals surface area (Å²) in [6, 6.07) is 11.4. The van der Waals surface area contributed by atoms with E-state index in [1.165, 1.54) is 6.20 Å². The zero-order chi connectivity index (χ0) is 18.4. The summed E-state index contributed by atoms with van der Waals surface area (Å²) in [7, 11) is -3.42. The number of benzene rings is 1. The molecule has 140 valence electrons. The fourth-order valence-electron chi connectivity index (χ4n) is 2.93. The highest BCUT2D eigenvalue weighted by atomic mass is 32.2. The van der Waals surface area contributed by atoms with Gasteiger partial charge in [-0.05, 0) is 38.0 Å². The molecule has 1 aliphatic heterocycles. The van der Waals surface area contributed by atoms with Gasteiger partial charge in [0.15, 0.2) is 0 Å². The average Bonchev–Trinajstić information content (AvgIpc) is 2.68. The number of sulfonamides is 1. The Morgan fingerprint density at radius 1 is 1.12 bits per heavy atom. The standard InChI is InChI=1S/C19H24N2O3S2/c1-2-24-18-9-5-4-8-16(18)15-25-19-11-10-17(14-20-19)26(22,23)21-12-6-3-7-13-21/h4-5,8-11,14H,2-3,6-7,12-13,15H2,1H3. The van der Waals surface area contributed by atoms with Crippen molar-refractivity contribution in [3.05, 3.63) is 48.2 Å². The van der Waals surface area contributed by atoms with E-state index in [2.05, 4.69) is 4.98 Å². The van der Waals surface area contributed by atoms with Crippen molar-refractivity contribution in [2.24, 2.45) is 0 Å². The molecule has 1 aromatic heterocycles. The Balaban J connectivity index is 1.66. The van der Waals surface area contributed by atoms with E-state index >= 15 is 0 Å². The maximum Gasteiger partial charge on any atom is 0.244 e. The molecule has 1 fully saturated rings. The third-order valence-electron chi connectivity index (χ3n) is 4.31. The van der Waals surface area contributed by atoms with Crippen LogP contribution in [0.5, 0.6) is 5.75 Å². The average molecular weight is 393 g/mol. The first-order valence-corrected chi connectivity index (χ1v) is 11.3. The van der Waals surface area contributed by atoms with Crippen LogP contribution in [0.25, 0.3) is 0 Å². The number of rotatable bonds is 7. The summed E-state index contributed by atoms with van der Waals surface area (Å²) in [5, 5.41) is 0.800. The lowest BCUT2D eigenvalue weighted by Gasteiger charge is -2.25. The number of nitrogens with zero attached hydrogens (tertiary/aromatic N) is 2. The summed E-state index contributed by atoms with van der Waals surface area (Å²) in [6.07, 6.45) is 4.43. The van der Waals surface area contributed by atoms with E-state index in [0.717, 1.165) is 41.4 Å². The second-order valence-corrected chi connectivity index (χ2v) is 9.06. The zero-order valence-corrected chi connectivity index (χ0v) is 16.6. The van der Waals surface area contributed by atoms with E-state index in [4.69, 9.17) is 4.74 Å². The second kappa shape index (κ2) is 8.88. The minimum Gasteiger partial charge on any atom is -0.494 e. The molecule has 0 bridgehead atoms. The molecular weight excluding hydrogens is 368 g/mol. The van der Waals surface area contributed by atoms with Crippen LogP contribution in [-0.2, 0) is 15.8 Å². The molecule has 7 heteroatoms. The normalized spacial score (nSPS) is 15.7. The first kappa shape index (κ1) is 19.2. The first-order chi connectivity index (χ1) is 12.6. The Labute approximate surface area is 159 Å². The van der Waals surface area contributed by atoms with Crippen molar-refractivity contribution in [3.63, 3.8) is 0 Å². The lowest BCUT2D eigenvalue weighted by Crippen LogP contribution is -2.35. The van der Waals surface area contributed by atoms with Gasteiger partial charge in [0, 0.05) is 30.6 Å². The van der Waals surface area contributed by atoms with Crippen molar-refractivity contribution in [1.29, 1.82) is 0 Å². The monoisotopic (exact) mass is 392 g/mol. The van der Waals surface area contributed by atoms with Gasteiger partial charge in [-0.3, -0.25) is 0 Å². The molecule has 0 N–H and O–H groups in total. The molecule has 0 aliphatic carbocycles. The van der Waals surface area contributed by atoms with Crippen LogP contribution in [0.3, 0.4) is 0 Å². The summed E-state index contributed by atoms with van der Waals surface area (Å²) < 4.78 is 32.5. The molecule has 0 spiro atoms. The van der Waals surface area contributed by atoms with Crippen LogP contribution in [0.4, 0.5) is 0 Å². The van der Waals surface area contributed by atoms with Gasteiger partial charge < -0.3 is 4.74 Å². The van der Waals surface area contributed by atoms with E-state index in [-0.39, 0.29) is 4.90 Å². The molecule has 0 amide bonds. The second-order valence-electron chi connectivity index (χ2n) is 6.13. The Morgan fingerprint density at radius 3 is 2.58 bits per heavy atom. The minimum absolute atomic E-state index is 0.276. The Kier molecular flexibility index (Phi) is 6.56. The molecular formula is C19H24N2O3S2.